The molecule has 0 atom stereocenters. The normalized spacial score (nSPS) is 9.81. The molecule has 106 valence electrons. The van der Waals surface area contributed by atoms with E-state index in [-0.39, 0.29) is 5.56 Å². The number of pyridine rings is 1. The monoisotopic (exact) mass is 320 g/mol. The molecule has 0 aliphatic carbocycles. The Bertz CT molecular complexity index is 740. The van der Waals surface area contributed by atoms with E-state index in [1.165, 1.54) is 24.4 Å². The van der Waals surface area contributed by atoms with E-state index in [0.717, 1.165) is 0 Å². The first-order valence-corrected chi connectivity index (χ1v) is 6.65. The number of benzene rings is 1. The third-order valence-corrected chi connectivity index (χ3v) is 3.21. The molecular weight excluding hydrogens is 311 g/mol. The quantitative estimate of drug-likeness (QED) is 0.906. The van der Waals surface area contributed by atoms with Crippen LogP contribution in [0.5, 0.6) is 0 Å². The Morgan fingerprint density at radius 1 is 1.33 bits per heavy atom. The number of nitriles is 1. The molecule has 0 saturated heterocycles. The molecule has 1 aromatic heterocycles. The number of halogens is 2. The number of nitrogens with zero attached hydrogens (tertiary/aromatic N) is 2. The summed E-state index contributed by atoms with van der Waals surface area (Å²) in [4.78, 5) is 16.2. The largest absolute Gasteiger partial charge is 0.372 e. The van der Waals surface area contributed by atoms with Crippen molar-refractivity contribution in [3.05, 3.63) is 51.6 Å². The van der Waals surface area contributed by atoms with Crippen molar-refractivity contribution in [1.82, 2.24) is 4.98 Å². The van der Waals surface area contributed by atoms with Crippen molar-refractivity contribution in [3.63, 3.8) is 0 Å². The summed E-state index contributed by atoms with van der Waals surface area (Å²) < 4.78 is 0. The van der Waals surface area contributed by atoms with Crippen molar-refractivity contribution < 1.29 is 4.79 Å². The van der Waals surface area contributed by atoms with Gasteiger partial charge in [-0.3, -0.25) is 4.79 Å². The van der Waals surface area contributed by atoms with Crippen LogP contribution < -0.4 is 10.6 Å². The molecule has 7 heteroatoms. The maximum absolute atomic E-state index is 12.2. The van der Waals surface area contributed by atoms with Crippen LogP contribution in [0, 0.1) is 11.3 Å². The van der Waals surface area contributed by atoms with Gasteiger partial charge < -0.3 is 10.6 Å². The maximum atomic E-state index is 12.2. The molecule has 0 radical (unpaired) electrons. The Morgan fingerprint density at radius 3 is 2.71 bits per heavy atom. The second-order valence-corrected chi connectivity index (χ2v) is 4.90. The van der Waals surface area contributed by atoms with Crippen LogP contribution in [0.2, 0.25) is 10.0 Å². The second kappa shape index (κ2) is 6.44. The molecule has 2 N–H and O–H groups in total. The zero-order valence-corrected chi connectivity index (χ0v) is 12.5. The molecule has 2 rings (SSSR count). The highest BCUT2D eigenvalue weighted by Crippen LogP contribution is 2.23. The molecule has 0 unspecified atom stereocenters. The molecule has 5 nitrogen and oxygen atoms in total. The van der Waals surface area contributed by atoms with E-state index in [1.54, 1.807) is 13.1 Å². The summed E-state index contributed by atoms with van der Waals surface area (Å²) >= 11 is 11.8. The maximum Gasteiger partial charge on any atom is 0.257 e. The second-order valence-electron chi connectivity index (χ2n) is 4.06. The van der Waals surface area contributed by atoms with Crippen molar-refractivity contribution in [2.45, 2.75) is 0 Å². The van der Waals surface area contributed by atoms with Gasteiger partial charge in [0.2, 0.25) is 0 Å². The number of amides is 1. The lowest BCUT2D eigenvalue weighted by molar-refractivity contribution is 0.102. The minimum atomic E-state index is -0.425. The summed E-state index contributed by atoms with van der Waals surface area (Å²) in [6, 6.07) is 8.10. The molecule has 2 aromatic rings. The minimum Gasteiger partial charge on any atom is -0.372 e. The highest BCUT2D eigenvalue weighted by Gasteiger charge is 2.12. The van der Waals surface area contributed by atoms with Gasteiger partial charge in [0.25, 0.3) is 5.91 Å². The van der Waals surface area contributed by atoms with Crippen LogP contribution in [0.3, 0.4) is 0 Å². The van der Waals surface area contributed by atoms with Crippen LogP contribution in [-0.2, 0) is 0 Å². The molecule has 0 spiro atoms. The van der Waals surface area contributed by atoms with Gasteiger partial charge in [-0.2, -0.15) is 5.26 Å². The smallest absolute Gasteiger partial charge is 0.257 e. The zero-order chi connectivity index (χ0) is 15.4. The van der Waals surface area contributed by atoms with E-state index < -0.39 is 5.91 Å². The Kier molecular flexibility index (Phi) is 4.63. The Labute approximate surface area is 131 Å². The van der Waals surface area contributed by atoms with Crippen LogP contribution >= 0.6 is 23.2 Å². The van der Waals surface area contributed by atoms with Crippen LogP contribution in [0.1, 0.15) is 15.9 Å². The first-order chi connectivity index (χ1) is 10.0. The number of aromatic nitrogens is 1. The fourth-order valence-corrected chi connectivity index (χ4v) is 2.09. The third-order valence-electron chi connectivity index (χ3n) is 2.69. The van der Waals surface area contributed by atoms with Gasteiger partial charge in [-0.1, -0.05) is 23.2 Å². The van der Waals surface area contributed by atoms with Gasteiger partial charge in [-0.15, -0.1) is 0 Å². The summed E-state index contributed by atoms with van der Waals surface area (Å²) in [5, 5.41) is 15.2. The lowest BCUT2D eigenvalue weighted by atomic mass is 10.2. The first kappa shape index (κ1) is 15.1. The van der Waals surface area contributed by atoms with Crippen molar-refractivity contribution in [3.8, 4) is 6.07 Å². The SMILES string of the molecule is CNc1ncc(C(=O)Nc2cc(Cl)ccc2C#N)cc1Cl. The number of hydrogen-bond donors (Lipinski definition) is 2. The fraction of sp³-hybridized carbons (Fsp3) is 0.0714. The molecule has 1 amide bonds. The van der Waals surface area contributed by atoms with Crippen molar-refractivity contribution in [1.29, 1.82) is 5.26 Å². The lowest BCUT2D eigenvalue weighted by Crippen LogP contribution is -2.13. The number of carbonyl (C=O) groups is 1. The van der Waals surface area contributed by atoms with E-state index >= 15 is 0 Å². The minimum absolute atomic E-state index is 0.280. The fourth-order valence-electron chi connectivity index (χ4n) is 1.66. The summed E-state index contributed by atoms with van der Waals surface area (Å²) in [5.41, 5.74) is 0.935. The number of hydrogen-bond acceptors (Lipinski definition) is 4. The molecule has 21 heavy (non-hydrogen) atoms. The number of nitrogens with one attached hydrogen (secondary N) is 2. The number of carbonyl (C=O) groups excluding carboxylic acids is 1. The molecule has 0 aliphatic heterocycles. The summed E-state index contributed by atoms with van der Waals surface area (Å²) in [6.07, 6.45) is 1.39. The Hall–Kier alpha value is -2.29. The average molecular weight is 321 g/mol. The summed E-state index contributed by atoms with van der Waals surface area (Å²) in [7, 11) is 1.68. The molecule has 0 bridgehead atoms. The molecule has 0 aliphatic rings. The first-order valence-electron chi connectivity index (χ1n) is 5.89. The Morgan fingerprint density at radius 2 is 2.10 bits per heavy atom. The van der Waals surface area contributed by atoms with Crippen LogP contribution in [0.25, 0.3) is 0 Å². The molecule has 0 fully saturated rings. The van der Waals surface area contributed by atoms with E-state index in [0.29, 0.717) is 27.1 Å². The molecule has 0 saturated carbocycles. The standard InChI is InChI=1S/C14H10Cl2N4O/c1-18-13-11(16)4-9(7-19-13)14(21)20-12-5-10(15)3-2-8(12)6-17/h2-5,7H,1H3,(H,18,19)(H,20,21). The van der Waals surface area contributed by atoms with Crippen LogP contribution in [0.15, 0.2) is 30.5 Å². The van der Waals surface area contributed by atoms with E-state index in [1.807, 2.05) is 6.07 Å². The summed E-state index contributed by atoms with van der Waals surface area (Å²) in [6.45, 7) is 0. The topological polar surface area (TPSA) is 77.8 Å². The number of rotatable bonds is 3. The van der Waals surface area contributed by atoms with Gasteiger partial charge in [0, 0.05) is 18.3 Å². The predicted molar refractivity (Wildman–Crippen MR) is 82.9 cm³/mol. The van der Waals surface area contributed by atoms with Crippen molar-refractivity contribution in [2.75, 3.05) is 17.7 Å². The zero-order valence-electron chi connectivity index (χ0n) is 10.9. The lowest BCUT2D eigenvalue weighted by Gasteiger charge is -2.09. The van der Waals surface area contributed by atoms with Crippen LogP contribution in [0.4, 0.5) is 11.5 Å². The Balaban J connectivity index is 2.28. The number of anilines is 2. The molecular formula is C14H10Cl2N4O. The highest BCUT2D eigenvalue weighted by atomic mass is 35.5. The van der Waals surface area contributed by atoms with Crippen LogP contribution in [-0.4, -0.2) is 17.9 Å². The third kappa shape index (κ3) is 3.43. The van der Waals surface area contributed by atoms with Gasteiger partial charge >= 0.3 is 0 Å². The van der Waals surface area contributed by atoms with E-state index in [9.17, 15) is 4.79 Å². The van der Waals surface area contributed by atoms with E-state index in [2.05, 4.69) is 15.6 Å². The molecule has 1 aromatic carbocycles. The van der Waals surface area contributed by atoms with Gasteiger partial charge in [-0.25, -0.2) is 4.98 Å². The van der Waals surface area contributed by atoms with Crippen molar-refractivity contribution in [2.24, 2.45) is 0 Å². The molecule has 1 heterocycles. The highest BCUT2D eigenvalue weighted by molar-refractivity contribution is 6.33. The summed E-state index contributed by atoms with van der Waals surface area (Å²) in [5.74, 6) is 0.0551. The predicted octanol–water partition coefficient (Wildman–Crippen LogP) is 3.55. The van der Waals surface area contributed by atoms with Gasteiger partial charge in [-0.05, 0) is 24.3 Å². The van der Waals surface area contributed by atoms with Gasteiger partial charge in [0.15, 0.2) is 0 Å². The van der Waals surface area contributed by atoms with E-state index in [4.69, 9.17) is 28.5 Å². The van der Waals surface area contributed by atoms with Crippen molar-refractivity contribution >= 4 is 40.6 Å². The average Bonchev–Trinajstić information content (AvgIpc) is 2.47. The van der Waals surface area contributed by atoms with Gasteiger partial charge in [0.1, 0.15) is 11.9 Å². The van der Waals surface area contributed by atoms with Gasteiger partial charge in [0.05, 0.1) is 21.8 Å².